The van der Waals surface area contributed by atoms with Crippen molar-refractivity contribution in [2.24, 2.45) is 34.5 Å². The van der Waals surface area contributed by atoms with Crippen molar-refractivity contribution < 1.29 is 27.5 Å². The Bertz CT molecular complexity index is 645. The number of carbonyl (C=O) groups is 2. The van der Waals surface area contributed by atoms with Gasteiger partial charge >= 0.3 is 12.1 Å². The van der Waals surface area contributed by atoms with E-state index in [2.05, 4.69) is 13.8 Å². The summed E-state index contributed by atoms with van der Waals surface area (Å²) in [5.41, 5.74) is -0.0547. The highest BCUT2D eigenvalue weighted by atomic mass is 19.4. The molecular formula is C21H29F3O3. The SMILES string of the molecule is C[C@]12CCC3C(CC[C@H]4C[C@@H](OC(=O)C(F)(F)F)CC[C@]34C)C1CCC2=O. The molecule has 3 unspecified atom stereocenters. The first kappa shape index (κ1) is 19.3. The molecule has 0 aromatic heterocycles. The Morgan fingerprint density at radius 3 is 2.48 bits per heavy atom. The molecule has 0 heterocycles. The van der Waals surface area contributed by atoms with Crippen LogP contribution in [0.15, 0.2) is 0 Å². The molecule has 0 spiro atoms. The topological polar surface area (TPSA) is 43.4 Å². The number of fused-ring (bicyclic) bond motifs is 5. The zero-order valence-corrected chi connectivity index (χ0v) is 16.1. The van der Waals surface area contributed by atoms with E-state index in [1.807, 2.05) is 0 Å². The second kappa shape index (κ2) is 6.21. The number of hydrogen-bond acceptors (Lipinski definition) is 3. The van der Waals surface area contributed by atoms with E-state index in [0.29, 0.717) is 48.7 Å². The van der Waals surface area contributed by atoms with Crippen LogP contribution in [0.1, 0.15) is 71.6 Å². The van der Waals surface area contributed by atoms with Gasteiger partial charge in [-0.1, -0.05) is 13.8 Å². The van der Waals surface area contributed by atoms with E-state index < -0.39 is 18.2 Å². The molecule has 0 aromatic rings. The Kier molecular flexibility index (Phi) is 4.43. The van der Waals surface area contributed by atoms with E-state index in [1.54, 1.807) is 0 Å². The average Bonchev–Trinajstić information content (AvgIpc) is 2.89. The van der Waals surface area contributed by atoms with Crippen molar-refractivity contribution in [2.45, 2.75) is 83.9 Å². The number of halogens is 3. The molecule has 152 valence electrons. The standard InChI is InChI=1S/C21H29F3O3/c1-19-9-7-13(27-18(26)21(22,23)24)11-12(19)3-4-14-15-5-6-17(25)20(15,2)10-8-16(14)19/h12-16H,3-11H2,1-2H3/t12-,13-,14?,15?,16?,19-,20-/m0/s1. The van der Waals surface area contributed by atoms with Gasteiger partial charge in [0.1, 0.15) is 11.9 Å². The minimum absolute atomic E-state index is 0.0943. The molecular weight excluding hydrogens is 357 g/mol. The van der Waals surface area contributed by atoms with Crippen molar-refractivity contribution in [1.29, 1.82) is 0 Å². The smallest absolute Gasteiger partial charge is 0.456 e. The van der Waals surface area contributed by atoms with Crippen molar-refractivity contribution in [3.8, 4) is 0 Å². The number of Topliss-reactive ketones (excluding diaryl/α,β-unsaturated/α-hetero) is 1. The Labute approximate surface area is 158 Å². The van der Waals surface area contributed by atoms with E-state index in [9.17, 15) is 22.8 Å². The van der Waals surface area contributed by atoms with Crippen LogP contribution in [0.2, 0.25) is 0 Å². The van der Waals surface area contributed by atoms with Crippen LogP contribution in [-0.4, -0.2) is 24.0 Å². The molecule has 0 aliphatic heterocycles. The van der Waals surface area contributed by atoms with E-state index >= 15 is 0 Å². The van der Waals surface area contributed by atoms with Gasteiger partial charge in [0.15, 0.2) is 0 Å². The van der Waals surface area contributed by atoms with Gasteiger partial charge in [0.05, 0.1) is 0 Å². The Balaban J connectivity index is 1.48. The molecule has 4 aliphatic rings. The van der Waals surface area contributed by atoms with Crippen molar-refractivity contribution in [3.05, 3.63) is 0 Å². The first-order chi connectivity index (χ1) is 12.6. The van der Waals surface area contributed by atoms with Gasteiger partial charge in [0, 0.05) is 11.8 Å². The van der Waals surface area contributed by atoms with Crippen LogP contribution >= 0.6 is 0 Å². The molecule has 7 atom stereocenters. The number of hydrogen-bond donors (Lipinski definition) is 0. The summed E-state index contributed by atoms with van der Waals surface area (Å²) in [6.45, 7) is 4.46. The number of alkyl halides is 3. The van der Waals surface area contributed by atoms with Gasteiger partial charge in [-0.2, -0.15) is 13.2 Å². The fourth-order valence-corrected chi connectivity index (χ4v) is 7.31. The minimum Gasteiger partial charge on any atom is -0.456 e. The summed E-state index contributed by atoms with van der Waals surface area (Å²) in [4.78, 5) is 23.7. The molecule has 0 radical (unpaired) electrons. The fourth-order valence-electron chi connectivity index (χ4n) is 7.31. The summed E-state index contributed by atoms with van der Waals surface area (Å²) < 4.78 is 42.3. The number of ether oxygens (including phenoxy) is 1. The van der Waals surface area contributed by atoms with E-state index in [4.69, 9.17) is 4.74 Å². The van der Waals surface area contributed by atoms with Gasteiger partial charge in [-0.15, -0.1) is 0 Å². The highest BCUT2D eigenvalue weighted by Crippen LogP contribution is 2.65. The van der Waals surface area contributed by atoms with Crippen LogP contribution in [0.4, 0.5) is 13.2 Å². The maximum atomic E-state index is 12.5. The van der Waals surface area contributed by atoms with Gasteiger partial charge in [-0.3, -0.25) is 4.79 Å². The summed E-state index contributed by atoms with van der Waals surface area (Å²) in [6, 6.07) is 0. The van der Waals surface area contributed by atoms with Crippen LogP contribution in [0.25, 0.3) is 0 Å². The third-order valence-corrected chi connectivity index (χ3v) is 8.83. The number of esters is 1. The second-order valence-electron chi connectivity index (χ2n) is 9.87. The highest BCUT2D eigenvalue weighted by molar-refractivity contribution is 5.87. The maximum Gasteiger partial charge on any atom is 0.490 e. The summed E-state index contributed by atoms with van der Waals surface area (Å²) >= 11 is 0. The summed E-state index contributed by atoms with van der Waals surface area (Å²) in [5.74, 6) is 0.260. The fraction of sp³-hybridized carbons (Fsp3) is 0.905. The molecule has 3 nitrogen and oxygen atoms in total. The zero-order valence-electron chi connectivity index (χ0n) is 16.1. The lowest BCUT2D eigenvalue weighted by molar-refractivity contribution is -0.210. The van der Waals surface area contributed by atoms with Gasteiger partial charge in [-0.25, -0.2) is 4.79 Å². The lowest BCUT2D eigenvalue weighted by Crippen LogP contribution is -2.54. The number of carbonyl (C=O) groups excluding carboxylic acids is 2. The number of ketones is 1. The third kappa shape index (κ3) is 2.93. The molecule has 4 saturated carbocycles. The molecule has 0 saturated heterocycles. The van der Waals surface area contributed by atoms with Crippen molar-refractivity contribution in [2.75, 3.05) is 0 Å². The van der Waals surface area contributed by atoms with Gasteiger partial charge in [0.2, 0.25) is 0 Å². The van der Waals surface area contributed by atoms with Crippen molar-refractivity contribution >= 4 is 11.8 Å². The third-order valence-electron chi connectivity index (χ3n) is 8.83. The second-order valence-corrected chi connectivity index (χ2v) is 9.87. The Morgan fingerprint density at radius 2 is 1.78 bits per heavy atom. The zero-order chi connectivity index (χ0) is 19.6. The first-order valence-electron chi connectivity index (χ1n) is 10.4. The first-order valence-corrected chi connectivity index (χ1v) is 10.4. The normalized spacial score (nSPS) is 47.0. The largest absolute Gasteiger partial charge is 0.490 e. The maximum absolute atomic E-state index is 12.5. The van der Waals surface area contributed by atoms with Gasteiger partial charge in [-0.05, 0) is 80.5 Å². The van der Waals surface area contributed by atoms with Crippen LogP contribution in [0, 0.1) is 34.5 Å². The van der Waals surface area contributed by atoms with Gasteiger partial charge < -0.3 is 4.74 Å². The Hall–Kier alpha value is -1.07. The molecule has 27 heavy (non-hydrogen) atoms. The lowest BCUT2D eigenvalue weighted by Gasteiger charge is -2.60. The molecule has 4 aliphatic carbocycles. The average molecular weight is 386 g/mol. The van der Waals surface area contributed by atoms with Crippen LogP contribution in [0.5, 0.6) is 0 Å². The highest BCUT2D eigenvalue weighted by Gasteiger charge is 2.60. The quantitative estimate of drug-likeness (QED) is 0.591. The van der Waals surface area contributed by atoms with Crippen LogP contribution < -0.4 is 0 Å². The molecule has 0 bridgehead atoms. The molecule has 6 heteroatoms. The summed E-state index contributed by atoms with van der Waals surface area (Å²) in [5, 5.41) is 0. The minimum atomic E-state index is -4.92. The predicted molar refractivity (Wildman–Crippen MR) is 92.7 cm³/mol. The molecule has 0 aromatic carbocycles. The molecule has 0 amide bonds. The van der Waals surface area contributed by atoms with Gasteiger partial charge in [0.25, 0.3) is 0 Å². The van der Waals surface area contributed by atoms with E-state index in [1.165, 1.54) is 0 Å². The Morgan fingerprint density at radius 1 is 1.04 bits per heavy atom. The predicted octanol–water partition coefficient (Wildman–Crippen LogP) is 5.07. The molecule has 4 rings (SSSR count). The van der Waals surface area contributed by atoms with Crippen LogP contribution in [-0.2, 0) is 14.3 Å². The van der Waals surface area contributed by atoms with Crippen molar-refractivity contribution in [3.63, 3.8) is 0 Å². The molecule has 4 fully saturated rings. The molecule has 0 N–H and O–H groups in total. The lowest BCUT2D eigenvalue weighted by atomic mass is 9.45. The number of rotatable bonds is 1. The van der Waals surface area contributed by atoms with E-state index in [0.717, 1.165) is 38.5 Å². The summed E-state index contributed by atoms with van der Waals surface area (Å²) in [6.07, 6.45) is 2.07. The summed E-state index contributed by atoms with van der Waals surface area (Å²) in [7, 11) is 0. The van der Waals surface area contributed by atoms with Crippen LogP contribution in [0.3, 0.4) is 0 Å². The van der Waals surface area contributed by atoms with Crippen molar-refractivity contribution in [1.82, 2.24) is 0 Å². The van der Waals surface area contributed by atoms with E-state index in [-0.39, 0.29) is 10.8 Å². The monoisotopic (exact) mass is 386 g/mol.